The molecule has 0 fully saturated rings. The first-order valence-corrected chi connectivity index (χ1v) is 6.46. The van der Waals surface area contributed by atoms with Gasteiger partial charge in [-0.25, -0.2) is 0 Å². The Morgan fingerprint density at radius 1 is 1.33 bits per heavy atom. The Morgan fingerprint density at radius 3 is 2.47 bits per heavy atom. The summed E-state index contributed by atoms with van der Waals surface area (Å²) in [4.78, 5) is 15.1. The number of hydrogen-bond donors (Lipinski definition) is 0. The van der Waals surface area contributed by atoms with E-state index in [1.165, 1.54) is 0 Å². The molecule has 2 nitrogen and oxygen atoms in total. The van der Waals surface area contributed by atoms with Crippen LogP contribution in [0.25, 0.3) is 0 Å². The summed E-state index contributed by atoms with van der Waals surface area (Å²) in [6.07, 6.45) is 2.64. The molecule has 0 unspecified atom stereocenters. The van der Waals surface area contributed by atoms with Crippen molar-refractivity contribution in [1.29, 1.82) is 0 Å². The van der Waals surface area contributed by atoms with Crippen molar-refractivity contribution in [3.8, 4) is 0 Å². The Bertz CT molecular complexity index is 276. The van der Waals surface area contributed by atoms with Gasteiger partial charge in [-0.15, -0.1) is 11.3 Å². The summed E-state index contributed by atoms with van der Waals surface area (Å²) in [6.45, 7) is 6.00. The molecule has 0 radical (unpaired) electrons. The molecular formula is C12H19NOS. The number of hydrogen-bond acceptors (Lipinski definition) is 2. The van der Waals surface area contributed by atoms with Gasteiger partial charge in [0.2, 0.25) is 5.91 Å². The SMILES string of the molecule is CCCN(CCC)C(=O)Cc1cccs1. The Labute approximate surface area is 95.9 Å². The van der Waals surface area contributed by atoms with Gasteiger partial charge in [-0.2, -0.15) is 0 Å². The van der Waals surface area contributed by atoms with Gasteiger partial charge in [-0.05, 0) is 24.3 Å². The van der Waals surface area contributed by atoms with Gasteiger partial charge in [0.15, 0.2) is 0 Å². The third-order valence-corrected chi connectivity index (χ3v) is 3.12. The number of carbonyl (C=O) groups is 1. The molecule has 15 heavy (non-hydrogen) atoms. The van der Waals surface area contributed by atoms with E-state index in [1.807, 2.05) is 22.4 Å². The topological polar surface area (TPSA) is 20.3 Å². The minimum atomic E-state index is 0.265. The maximum Gasteiger partial charge on any atom is 0.227 e. The Hall–Kier alpha value is -0.830. The number of amides is 1. The van der Waals surface area contributed by atoms with Crippen molar-refractivity contribution >= 4 is 17.2 Å². The Kier molecular flexibility index (Phi) is 5.40. The van der Waals surface area contributed by atoms with Crippen molar-refractivity contribution in [2.75, 3.05) is 13.1 Å². The number of thiophene rings is 1. The molecule has 0 aromatic carbocycles. The van der Waals surface area contributed by atoms with Crippen molar-refractivity contribution in [2.24, 2.45) is 0 Å². The van der Waals surface area contributed by atoms with Crippen LogP contribution in [-0.4, -0.2) is 23.9 Å². The minimum Gasteiger partial charge on any atom is -0.342 e. The molecule has 3 heteroatoms. The Balaban J connectivity index is 2.48. The molecule has 0 aliphatic rings. The second kappa shape index (κ2) is 6.62. The average molecular weight is 225 g/mol. The van der Waals surface area contributed by atoms with Gasteiger partial charge in [0, 0.05) is 18.0 Å². The number of carbonyl (C=O) groups excluding carboxylic acids is 1. The summed E-state index contributed by atoms with van der Waals surface area (Å²) < 4.78 is 0. The minimum absolute atomic E-state index is 0.265. The van der Waals surface area contributed by atoms with Crippen molar-refractivity contribution in [3.05, 3.63) is 22.4 Å². The first-order valence-electron chi connectivity index (χ1n) is 5.58. The molecule has 1 aromatic rings. The molecule has 0 saturated heterocycles. The third-order valence-electron chi connectivity index (χ3n) is 2.25. The molecule has 0 spiro atoms. The highest BCUT2D eigenvalue weighted by Gasteiger charge is 2.12. The van der Waals surface area contributed by atoms with Crippen LogP contribution in [-0.2, 0) is 11.2 Å². The number of rotatable bonds is 6. The molecule has 84 valence electrons. The summed E-state index contributed by atoms with van der Waals surface area (Å²) in [6, 6.07) is 4.02. The molecule has 1 aromatic heterocycles. The zero-order valence-corrected chi connectivity index (χ0v) is 10.3. The van der Waals surface area contributed by atoms with Crippen LogP contribution in [0.5, 0.6) is 0 Å². The number of nitrogens with zero attached hydrogens (tertiary/aromatic N) is 1. The fraction of sp³-hybridized carbons (Fsp3) is 0.583. The maximum absolute atomic E-state index is 11.9. The van der Waals surface area contributed by atoms with Crippen molar-refractivity contribution in [3.63, 3.8) is 0 Å². The van der Waals surface area contributed by atoms with E-state index in [0.717, 1.165) is 30.8 Å². The van der Waals surface area contributed by atoms with Gasteiger partial charge in [-0.3, -0.25) is 4.79 Å². The predicted molar refractivity (Wildman–Crippen MR) is 65.2 cm³/mol. The first-order chi connectivity index (χ1) is 7.27. The van der Waals surface area contributed by atoms with Crippen molar-refractivity contribution in [2.45, 2.75) is 33.1 Å². The molecule has 0 bridgehead atoms. The quantitative estimate of drug-likeness (QED) is 0.729. The molecule has 0 aliphatic carbocycles. The summed E-state index contributed by atoms with van der Waals surface area (Å²) in [5, 5.41) is 2.02. The second-order valence-corrected chi connectivity index (χ2v) is 4.67. The Morgan fingerprint density at radius 2 is 2.00 bits per heavy atom. The average Bonchev–Trinajstić information content (AvgIpc) is 2.70. The lowest BCUT2D eigenvalue weighted by Gasteiger charge is -2.21. The highest BCUT2D eigenvalue weighted by atomic mass is 32.1. The first kappa shape index (κ1) is 12.2. The standard InChI is InChI=1S/C12H19NOS/c1-3-7-13(8-4-2)12(14)10-11-6-5-9-15-11/h5-6,9H,3-4,7-8,10H2,1-2H3. The van der Waals surface area contributed by atoms with Gasteiger partial charge in [0.1, 0.15) is 0 Å². The van der Waals surface area contributed by atoms with Crippen LogP contribution in [0.4, 0.5) is 0 Å². The van der Waals surface area contributed by atoms with Gasteiger partial charge in [0.05, 0.1) is 6.42 Å². The summed E-state index contributed by atoms with van der Waals surface area (Å²) in [7, 11) is 0. The normalized spacial score (nSPS) is 10.3. The zero-order valence-electron chi connectivity index (χ0n) is 9.53. The fourth-order valence-corrected chi connectivity index (χ4v) is 2.27. The van der Waals surface area contributed by atoms with Crippen LogP contribution < -0.4 is 0 Å². The van der Waals surface area contributed by atoms with Gasteiger partial charge < -0.3 is 4.90 Å². The van der Waals surface area contributed by atoms with Crippen LogP contribution in [0.1, 0.15) is 31.6 Å². The molecule has 0 N–H and O–H groups in total. The van der Waals surface area contributed by atoms with Crippen molar-refractivity contribution < 1.29 is 4.79 Å². The molecule has 0 aliphatic heterocycles. The molecule has 0 atom stereocenters. The molecule has 1 heterocycles. The van der Waals surface area contributed by atoms with E-state index in [0.29, 0.717) is 6.42 Å². The summed E-state index contributed by atoms with van der Waals surface area (Å²) in [5.41, 5.74) is 0. The van der Waals surface area contributed by atoms with Gasteiger partial charge in [0.25, 0.3) is 0 Å². The van der Waals surface area contributed by atoms with Crippen LogP contribution in [0.2, 0.25) is 0 Å². The third kappa shape index (κ3) is 4.04. The summed E-state index contributed by atoms with van der Waals surface area (Å²) in [5.74, 6) is 0.265. The lowest BCUT2D eigenvalue weighted by Crippen LogP contribution is -2.33. The van der Waals surface area contributed by atoms with E-state index in [1.54, 1.807) is 11.3 Å². The molecule has 1 rings (SSSR count). The van der Waals surface area contributed by atoms with Crippen LogP contribution >= 0.6 is 11.3 Å². The van der Waals surface area contributed by atoms with Crippen LogP contribution in [0, 0.1) is 0 Å². The van der Waals surface area contributed by atoms with E-state index in [4.69, 9.17) is 0 Å². The van der Waals surface area contributed by atoms with E-state index in [-0.39, 0.29) is 5.91 Å². The van der Waals surface area contributed by atoms with Crippen molar-refractivity contribution in [1.82, 2.24) is 4.90 Å². The highest BCUT2D eigenvalue weighted by molar-refractivity contribution is 7.10. The monoisotopic (exact) mass is 225 g/mol. The molecule has 0 saturated carbocycles. The van der Waals surface area contributed by atoms with Crippen LogP contribution in [0.3, 0.4) is 0 Å². The van der Waals surface area contributed by atoms with E-state index in [2.05, 4.69) is 13.8 Å². The maximum atomic E-state index is 11.9. The second-order valence-electron chi connectivity index (χ2n) is 3.64. The summed E-state index contributed by atoms with van der Waals surface area (Å²) >= 11 is 1.66. The smallest absolute Gasteiger partial charge is 0.227 e. The van der Waals surface area contributed by atoms with Crippen LogP contribution in [0.15, 0.2) is 17.5 Å². The lowest BCUT2D eigenvalue weighted by molar-refractivity contribution is -0.130. The predicted octanol–water partition coefficient (Wildman–Crippen LogP) is 2.94. The fourth-order valence-electron chi connectivity index (χ4n) is 1.58. The van der Waals surface area contributed by atoms with E-state index < -0.39 is 0 Å². The van der Waals surface area contributed by atoms with Gasteiger partial charge in [-0.1, -0.05) is 19.9 Å². The van der Waals surface area contributed by atoms with E-state index in [9.17, 15) is 4.79 Å². The zero-order chi connectivity index (χ0) is 11.1. The largest absolute Gasteiger partial charge is 0.342 e. The highest BCUT2D eigenvalue weighted by Crippen LogP contribution is 2.11. The van der Waals surface area contributed by atoms with E-state index >= 15 is 0 Å². The molecule has 1 amide bonds. The van der Waals surface area contributed by atoms with Gasteiger partial charge >= 0.3 is 0 Å². The lowest BCUT2D eigenvalue weighted by atomic mass is 10.2. The molecular weight excluding hydrogens is 206 g/mol.